The summed E-state index contributed by atoms with van der Waals surface area (Å²) in [6, 6.07) is 10.7. The number of thioether (sulfide) groups is 1. The highest BCUT2D eigenvalue weighted by atomic mass is 32.2. The first-order chi connectivity index (χ1) is 13.8. The predicted molar refractivity (Wildman–Crippen MR) is 105 cm³/mol. The number of carbonyl (C=O) groups excluding carboxylic acids is 2. The molecule has 1 aliphatic rings. The van der Waals surface area contributed by atoms with Gasteiger partial charge in [0.05, 0.1) is 30.2 Å². The molecule has 1 atom stereocenters. The Morgan fingerprint density at radius 2 is 1.90 bits per heavy atom. The SMILES string of the molecule is CCOc1ccc(SCC(=O)N2c3ccccc3NC(=O)CC2C(F)(F)F)cc1. The van der Waals surface area contributed by atoms with Crippen LogP contribution in [0.1, 0.15) is 13.3 Å². The Labute approximate surface area is 170 Å². The van der Waals surface area contributed by atoms with Gasteiger partial charge in [0.15, 0.2) is 0 Å². The number of ether oxygens (including phenoxy) is 1. The number of hydrogen-bond acceptors (Lipinski definition) is 4. The zero-order valence-corrected chi connectivity index (χ0v) is 16.3. The van der Waals surface area contributed by atoms with E-state index in [1.807, 2.05) is 6.92 Å². The minimum absolute atomic E-state index is 0.0398. The number of anilines is 2. The fourth-order valence-corrected chi connectivity index (χ4v) is 3.77. The molecule has 0 radical (unpaired) electrons. The zero-order valence-electron chi connectivity index (χ0n) is 15.5. The van der Waals surface area contributed by atoms with Gasteiger partial charge in [0.2, 0.25) is 11.8 Å². The molecule has 0 saturated heterocycles. The summed E-state index contributed by atoms with van der Waals surface area (Å²) in [6.45, 7) is 2.38. The molecule has 2 aromatic carbocycles. The van der Waals surface area contributed by atoms with E-state index in [2.05, 4.69) is 5.32 Å². The third-order valence-corrected chi connectivity index (χ3v) is 5.27. The van der Waals surface area contributed by atoms with Crippen LogP contribution in [0.3, 0.4) is 0 Å². The molecule has 0 saturated carbocycles. The molecule has 1 unspecified atom stereocenters. The van der Waals surface area contributed by atoms with Crippen molar-refractivity contribution >= 4 is 35.0 Å². The van der Waals surface area contributed by atoms with Gasteiger partial charge in [-0.2, -0.15) is 13.2 Å². The molecule has 2 amide bonds. The van der Waals surface area contributed by atoms with E-state index < -0.39 is 30.5 Å². The number of hydrogen-bond donors (Lipinski definition) is 1. The van der Waals surface area contributed by atoms with E-state index in [0.717, 1.165) is 16.7 Å². The molecule has 9 heteroatoms. The van der Waals surface area contributed by atoms with E-state index in [9.17, 15) is 22.8 Å². The number of amides is 2. The maximum Gasteiger partial charge on any atom is 0.409 e. The number of rotatable bonds is 5. The Balaban J connectivity index is 1.84. The second-order valence-corrected chi connectivity index (χ2v) is 7.33. The number of nitrogens with zero attached hydrogens (tertiary/aromatic N) is 1. The van der Waals surface area contributed by atoms with E-state index in [1.165, 1.54) is 18.2 Å². The maximum absolute atomic E-state index is 13.7. The molecular weight excluding hydrogens is 405 g/mol. The van der Waals surface area contributed by atoms with Crippen LogP contribution >= 0.6 is 11.8 Å². The number of carbonyl (C=O) groups is 2. The Bertz CT molecular complexity index is 887. The topological polar surface area (TPSA) is 58.6 Å². The van der Waals surface area contributed by atoms with Crippen molar-refractivity contribution in [2.45, 2.75) is 30.5 Å². The van der Waals surface area contributed by atoms with E-state index >= 15 is 0 Å². The second kappa shape index (κ2) is 8.77. The normalized spacial score (nSPS) is 16.6. The lowest BCUT2D eigenvalue weighted by Gasteiger charge is -2.31. The van der Waals surface area contributed by atoms with E-state index in [4.69, 9.17) is 4.74 Å². The molecule has 29 heavy (non-hydrogen) atoms. The number of fused-ring (bicyclic) bond motifs is 1. The molecule has 0 fully saturated rings. The first kappa shape index (κ1) is 21.0. The molecule has 5 nitrogen and oxygen atoms in total. The Kier molecular flexibility index (Phi) is 6.36. The molecule has 1 heterocycles. The van der Waals surface area contributed by atoms with Gasteiger partial charge >= 0.3 is 6.18 Å². The lowest BCUT2D eigenvalue weighted by Crippen LogP contribution is -2.50. The van der Waals surface area contributed by atoms with Crippen molar-refractivity contribution in [2.75, 3.05) is 22.6 Å². The molecular formula is C20H19F3N2O3S. The Morgan fingerprint density at radius 1 is 1.21 bits per heavy atom. The molecule has 3 rings (SSSR count). The summed E-state index contributed by atoms with van der Waals surface area (Å²) >= 11 is 1.12. The van der Waals surface area contributed by atoms with E-state index in [0.29, 0.717) is 17.3 Å². The van der Waals surface area contributed by atoms with Gasteiger partial charge in [0, 0.05) is 4.90 Å². The second-order valence-electron chi connectivity index (χ2n) is 6.28. The number of alkyl halides is 3. The number of benzene rings is 2. The molecule has 0 aromatic heterocycles. The van der Waals surface area contributed by atoms with Gasteiger partial charge in [-0.15, -0.1) is 11.8 Å². The van der Waals surface area contributed by atoms with Crippen molar-refractivity contribution in [1.82, 2.24) is 0 Å². The number of nitrogens with one attached hydrogen (secondary N) is 1. The predicted octanol–water partition coefficient (Wildman–Crippen LogP) is 4.48. The summed E-state index contributed by atoms with van der Waals surface area (Å²) in [5.74, 6) is -1.04. The van der Waals surface area contributed by atoms with Crippen LogP contribution in [0.15, 0.2) is 53.4 Å². The average Bonchev–Trinajstić information content (AvgIpc) is 2.83. The Hall–Kier alpha value is -2.68. The summed E-state index contributed by atoms with van der Waals surface area (Å²) in [7, 11) is 0. The third-order valence-electron chi connectivity index (χ3n) is 4.27. The van der Waals surface area contributed by atoms with Crippen LogP contribution in [0.5, 0.6) is 5.75 Å². The molecule has 0 bridgehead atoms. The van der Waals surface area contributed by atoms with Gasteiger partial charge < -0.3 is 10.1 Å². The van der Waals surface area contributed by atoms with Crippen LogP contribution in [-0.2, 0) is 9.59 Å². The first-order valence-corrected chi connectivity index (χ1v) is 9.91. The fourth-order valence-electron chi connectivity index (χ4n) is 3.01. The summed E-state index contributed by atoms with van der Waals surface area (Å²) in [4.78, 5) is 26.2. The summed E-state index contributed by atoms with van der Waals surface area (Å²) in [5.41, 5.74) is 0.224. The fraction of sp³-hybridized carbons (Fsp3) is 0.300. The number of para-hydroxylation sites is 2. The van der Waals surface area contributed by atoms with Crippen LogP contribution in [-0.4, -0.2) is 36.4 Å². The standard InChI is InChI=1S/C20H19F3N2O3S/c1-2-28-13-7-9-14(10-8-13)29-12-19(27)25-16-6-4-3-5-15(16)24-18(26)11-17(25)20(21,22)23/h3-10,17H,2,11-12H2,1H3,(H,24,26). The van der Waals surface area contributed by atoms with Gasteiger partial charge in [0.1, 0.15) is 11.8 Å². The minimum Gasteiger partial charge on any atom is -0.494 e. The van der Waals surface area contributed by atoms with Crippen molar-refractivity contribution in [1.29, 1.82) is 0 Å². The van der Waals surface area contributed by atoms with Crippen molar-refractivity contribution in [2.24, 2.45) is 0 Å². The lowest BCUT2D eigenvalue weighted by molar-refractivity contribution is -0.157. The van der Waals surface area contributed by atoms with Gasteiger partial charge in [-0.05, 0) is 43.3 Å². The molecule has 1 N–H and O–H groups in total. The molecule has 154 valence electrons. The van der Waals surface area contributed by atoms with Gasteiger partial charge in [-0.25, -0.2) is 0 Å². The van der Waals surface area contributed by atoms with Crippen LogP contribution in [0.25, 0.3) is 0 Å². The van der Waals surface area contributed by atoms with Crippen molar-refractivity contribution in [3.05, 3.63) is 48.5 Å². The highest BCUT2D eigenvalue weighted by Gasteiger charge is 2.48. The summed E-state index contributed by atoms with van der Waals surface area (Å²) < 4.78 is 46.4. The van der Waals surface area contributed by atoms with Crippen molar-refractivity contribution in [3.8, 4) is 5.75 Å². The largest absolute Gasteiger partial charge is 0.494 e. The van der Waals surface area contributed by atoms with Crippen LogP contribution < -0.4 is 15.0 Å². The minimum atomic E-state index is -4.74. The molecule has 1 aliphatic heterocycles. The van der Waals surface area contributed by atoms with Gasteiger partial charge in [-0.1, -0.05) is 12.1 Å². The van der Waals surface area contributed by atoms with E-state index in [-0.39, 0.29) is 17.1 Å². The van der Waals surface area contributed by atoms with E-state index in [1.54, 1.807) is 30.3 Å². The molecule has 2 aromatic rings. The number of halogens is 3. The van der Waals surface area contributed by atoms with Crippen LogP contribution in [0, 0.1) is 0 Å². The maximum atomic E-state index is 13.7. The zero-order chi connectivity index (χ0) is 21.0. The van der Waals surface area contributed by atoms with Crippen LogP contribution in [0.4, 0.5) is 24.5 Å². The molecule has 0 spiro atoms. The highest BCUT2D eigenvalue weighted by molar-refractivity contribution is 8.00. The van der Waals surface area contributed by atoms with Crippen molar-refractivity contribution in [3.63, 3.8) is 0 Å². The monoisotopic (exact) mass is 424 g/mol. The lowest BCUT2D eigenvalue weighted by atomic mass is 10.1. The molecule has 0 aliphatic carbocycles. The average molecular weight is 424 g/mol. The summed E-state index contributed by atoms with van der Waals surface area (Å²) in [6.07, 6.45) is -5.59. The smallest absolute Gasteiger partial charge is 0.409 e. The highest BCUT2D eigenvalue weighted by Crippen LogP contribution is 2.38. The Morgan fingerprint density at radius 3 is 2.55 bits per heavy atom. The van der Waals surface area contributed by atoms with Crippen LogP contribution in [0.2, 0.25) is 0 Å². The van der Waals surface area contributed by atoms with Gasteiger partial charge in [0.25, 0.3) is 0 Å². The summed E-state index contributed by atoms with van der Waals surface area (Å²) in [5, 5.41) is 2.45. The third kappa shape index (κ3) is 5.03. The quantitative estimate of drug-likeness (QED) is 0.719. The van der Waals surface area contributed by atoms with Gasteiger partial charge in [-0.3, -0.25) is 14.5 Å². The first-order valence-electron chi connectivity index (χ1n) is 8.93. The van der Waals surface area contributed by atoms with Crippen molar-refractivity contribution < 1.29 is 27.5 Å².